The summed E-state index contributed by atoms with van der Waals surface area (Å²) in [6.07, 6.45) is 3.70. The van der Waals surface area contributed by atoms with Gasteiger partial charge in [0.25, 0.3) is 0 Å². The van der Waals surface area contributed by atoms with Gasteiger partial charge < -0.3 is 5.32 Å². The van der Waals surface area contributed by atoms with E-state index >= 15 is 0 Å². The van der Waals surface area contributed by atoms with Crippen LogP contribution in [-0.4, -0.2) is 17.3 Å². The van der Waals surface area contributed by atoms with Crippen molar-refractivity contribution >= 4 is 23.1 Å². The molecule has 1 heterocycles. The van der Waals surface area contributed by atoms with Gasteiger partial charge in [0.2, 0.25) is 0 Å². The molecule has 0 spiro atoms. The van der Waals surface area contributed by atoms with E-state index in [1.54, 1.807) is 11.3 Å². The van der Waals surface area contributed by atoms with Gasteiger partial charge in [-0.15, -0.1) is 11.3 Å². The molecule has 106 valence electrons. The monoisotopic (exact) mass is 304 g/mol. The Hall–Kier alpha value is -0.840. The highest BCUT2D eigenvalue weighted by Crippen LogP contribution is 2.39. The molecule has 4 heteroatoms. The average molecular weight is 304 g/mol. The van der Waals surface area contributed by atoms with E-state index in [1.807, 2.05) is 11.8 Å². The van der Waals surface area contributed by atoms with Crippen LogP contribution in [0.15, 0.2) is 34.0 Å². The number of hydrogen-bond donors (Lipinski definition) is 1. The van der Waals surface area contributed by atoms with Gasteiger partial charge in [0.1, 0.15) is 4.34 Å². The van der Waals surface area contributed by atoms with Crippen molar-refractivity contribution in [2.75, 3.05) is 7.05 Å². The summed E-state index contributed by atoms with van der Waals surface area (Å²) in [7, 11) is 2.08. The van der Waals surface area contributed by atoms with E-state index in [9.17, 15) is 0 Å². The quantitative estimate of drug-likeness (QED) is 0.860. The lowest BCUT2D eigenvalue weighted by atomic mass is 9.99. The standard InChI is InChI=1S/C16H20N2S2/c1-11-10-19-16(18-11)20-14-9-5-7-12-6-3-4-8-13(12)15(14)17-2/h3-4,6,8,10,14-15,17H,5,7,9H2,1-2H3. The first kappa shape index (κ1) is 14.1. The number of fused-ring (bicyclic) bond motifs is 1. The highest BCUT2D eigenvalue weighted by atomic mass is 32.2. The molecule has 1 N–H and O–H groups in total. The van der Waals surface area contributed by atoms with Gasteiger partial charge in [-0.05, 0) is 44.4 Å². The Morgan fingerprint density at radius 3 is 2.95 bits per heavy atom. The fourth-order valence-corrected chi connectivity index (χ4v) is 5.33. The second-order valence-corrected chi connectivity index (χ2v) is 7.61. The number of aromatic nitrogens is 1. The molecule has 20 heavy (non-hydrogen) atoms. The van der Waals surface area contributed by atoms with Crippen LogP contribution in [0.1, 0.15) is 35.7 Å². The average Bonchev–Trinajstić information content (AvgIpc) is 2.78. The van der Waals surface area contributed by atoms with Crippen molar-refractivity contribution in [2.24, 2.45) is 0 Å². The molecule has 1 aliphatic carbocycles. The van der Waals surface area contributed by atoms with Gasteiger partial charge in [-0.2, -0.15) is 0 Å². The maximum Gasteiger partial charge on any atom is 0.150 e. The van der Waals surface area contributed by atoms with Crippen LogP contribution >= 0.6 is 23.1 Å². The molecule has 0 amide bonds. The minimum atomic E-state index is 0.419. The SMILES string of the molecule is CNC1c2ccccc2CCCC1Sc1nc(C)cs1. The Morgan fingerprint density at radius 2 is 2.20 bits per heavy atom. The molecule has 1 aromatic carbocycles. The van der Waals surface area contributed by atoms with Gasteiger partial charge in [0, 0.05) is 22.4 Å². The van der Waals surface area contributed by atoms with Gasteiger partial charge in [0.15, 0.2) is 0 Å². The van der Waals surface area contributed by atoms with E-state index in [1.165, 1.54) is 34.7 Å². The summed E-state index contributed by atoms with van der Waals surface area (Å²) in [5.41, 5.74) is 4.11. The minimum Gasteiger partial charge on any atom is -0.312 e. The predicted octanol–water partition coefficient (Wildman–Crippen LogP) is 4.21. The van der Waals surface area contributed by atoms with Gasteiger partial charge in [-0.25, -0.2) is 4.98 Å². The molecule has 1 aliphatic rings. The maximum absolute atomic E-state index is 4.61. The third-order valence-corrected chi connectivity index (χ3v) is 6.29. The van der Waals surface area contributed by atoms with Crippen LogP contribution in [0.3, 0.4) is 0 Å². The molecule has 1 aromatic heterocycles. The van der Waals surface area contributed by atoms with Crippen LogP contribution in [0.2, 0.25) is 0 Å². The number of hydrogen-bond acceptors (Lipinski definition) is 4. The molecular weight excluding hydrogens is 284 g/mol. The zero-order valence-electron chi connectivity index (χ0n) is 11.9. The van der Waals surface area contributed by atoms with E-state index in [0.29, 0.717) is 11.3 Å². The number of aryl methyl sites for hydroxylation is 2. The van der Waals surface area contributed by atoms with Crippen molar-refractivity contribution < 1.29 is 0 Å². The van der Waals surface area contributed by atoms with Crippen molar-refractivity contribution in [3.63, 3.8) is 0 Å². The molecule has 2 aromatic rings. The molecule has 0 saturated carbocycles. The summed E-state index contributed by atoms with van der Waals surface area (Å²) in [5.74, 6) is 0. The Bertz CT molecular complexity index is 579. The number of rotatable bonds is 3. The summed E-state index contributed by atoms with van der Waals surface area (Å²) in [4.78, 5) is 4.61. The minimum absolute atomic E-state index is 0.419. The van der Waals surface area contributed by atoms with Gasteiger partial charge in [-0.1, -0.05) is 36.0 Å². The summed E-state index contributed by atoms with van der Waals surface area (Å²) in [5, 5.41) is 6.24. The van der Waals surface area contributed by atoms with Crippen LogP contribution in [-0.2, 0) is 6.42 Å². The van der Waals surface area contributed by atoms with Crippen LogP contribution in [0.25, 0.3) is 0 Å². The van der Waals surface area contributed by atoms with E-state index < -0.39 is 0 Å². The van der Waals surface area contributed by atoms with Crippen LogP contribution in [0.4, 0.5) is 0 Å². The van der Waals surface area contributed by atoms with E-state index in [4.69, 9.17) is 0 Å². The molecule has 0 saturated heterocycles. The normalized spacial score (nSPS) is 22.3. The third-order valence-electron chi connectivity index (χ3n) is 3.86. The summed E-state index contributed by atoms with van der Waals surface area (Å²) in [6.45, 7) is 2.07. The van der Waals surface area contributed by atoms with Crippen molar-refractivity contribution in [1.29, 1.82) is 0 Å². The molecule has 0 radical (unpaired) electrons. The molecule has 2 atom stereocenters. The van der Waals surface area contributed by atoms with E-state index in [0.717, 1.165) is 5.69 Å². The summed E-state index contributed by atoms with van der Waals surface area (Å²) < 4.78 is 1.20. The largest absolute Gasteiger partial charge is 0.312 e. The Morgan fingerprint density at radius 1 is 1.35 bits per heavy atom. The zero-order chi connectivity index (χ0) is 13.9. The number of benzene rings is 1. The zero-order valence-corrected chi connectivity index (χ0v) is 13.6. The molecule has 2 unspecified atom stereocenters. The second-order valence-electron chi connectivity index (χ2n) is 5.27. The van der Waals surface area contributed by atoms with Gasteiger partial charge in [-0.3, -0.25) is 0 Å². The third kappa shape index (κ3) is 2.92. The Labute approximate surface area is 129 Å². The lowest BCUT2D eigenvalue weighted by Gasteiger charge is -2.25. The molecule has 0 aliphatic heterocycles. The summed E-state index contributed by atoms with van der Waals surface area (Å²) >= 11 is 3.71. The van der Waals surface area contributed by atoms with Gasteiger partial charge >= 0.3 is 0 Å². The molecule has 0 bridgehead atoms. The Balaban J connectivity index is 1.87. The predicted molar refractivity (Wildman–Crippen MR) is 87.7 cm³/mol. The van der Waals surface area contributed by atoms with Gasteiger partial charge in [0.05, 0.1) is 0 Å². The van der Waals surface area contributed by atoms with Crippen LogP contribution < -0.4 is 5.32 Å². The Kier molecular flexibility index (Phi) is 4.44. The molecule has 3 rings (SSSR count). The lowest BCUT2D eigenvalue weighted by Crippen LogP contribution is -2.26. The number of thiazole rings is 1. The lowest BCUT2D eigenvalue weighted by molar-refractivity contribution is 0.548. The maximum atomic E-state index is 4.61. The smallest absolute Gasteiger partial charge is 0.150 e. The first-order valence-electron chi connectivity index (χ1n) is 7.12. The fourth-order valence-electron chi connectivity index (χ4n) is 2.91. The van der Waals surface area contributed by atoms with Crippen molar-refractivity contribution in [3.8, 4) is 0 Å². The summed E-state index contributed by atoms with van der Waals surface area (Å²) in [6, 6.07) is 9.29. The van der Waals surface area contributed by atoms with E-state index in [-0.39, 0.29) is 0 Å². The number of nitrogens with zero attached hydrogens (tertiary/aromatic N) is 1. The molecule has 2 nitrogen and oxygen atoms in total. The number of thioether (sulfide) groups is 1. The van der Waals surface area contributed by atoms with Crippen molar-refractivity contribution in [2.45, 2.75) is 41.8 Å². The van der Waals surface area contributed by atoms with Crippen molar-refractivity contribution in [1.82, 2.24) is 10.3 Å². The highest BCUT2D eigenvalue weighted by Gasteiger charge is 2.27. The number of nitrogens with one attached hydrogen (secondary N) is 1. The first-order valence-corrected chi connectivity index (χ1v) is 8.87. The van der Waals surface area contributed by atoms with Crippen LogP contribution in [0, 0.1) is 6.92 Å². The molecule has 0 fully saturated rings. The second kappa shape index (κ2) is 6.29. The van der Waals surface area contributed by atoms with Crippen LogP contribution in [0.5, 0.6) is 0 Å². The first-order chi connectivity index (χ1) is 9.78. The highest BCUT2D eigenvalue weighted by molar-refractivity contribution is 8.01. The topological polar surface area (TPSA) is 24.9 Å². The van der Waals surface area contributed by atoms with Crippen molar-refractivity contribution in [3.05, 3.63) is 46.5 Å². The molecular formula is C16H20N2S2. The van der Waals surface area contributed by atoms with E-state index in [2.05, 4.69) is 53.9 Å². The fraction of sp³-hybridized carbons (Fsp3) is 0.438.